The van der Waals surface area contributed by atoms with Crippen LogP contribution in [0.1, 0.15) is 26.6 Å². The molecule has 3 rings (SSSR count). The second kappa shape index (κ2) is 7.75. The third-order valence-corrected chi connectivity index (χ3v) is 4.51. The number of nitrogens with one attached hydrogen (secondary N) is 1. The summed E-state index contributed by atoms with van der Waals surface area (Å²) in [6.45, 7) is 11.6. The molecule has 0 saturated carbocycles. The Morgan fingerprint density at radius 2 is 2.07 bits per heavy atom. The number of rotatable bonds is 5. The number of ether oxygens (including phenoxy) is 1. The van der Waals surface area contributed by atoms with Crippen LogP contribution in [0.3, 0.4) is 0 Å². The Morgan fingerprint density at radius 3 is 2.70 bits per heavy atom. The van der Waals surface area contributed by atoms with Gasteiger partial charge in [-0.05, 0) is 39.0 Å². The Morgan fingerprint density at radius 1 is 1.37 bits per heavy atom. The average molecular weight is 366 g/mol. The van der Waals surface area contributed by atoms with Crippen LogP contribution in [0.15, 0.2) is 48.3 Å². The van der Waals surface area contributed by atoms with E-state index in [4.69, 9.17) is 20.9 Å². The summed E-state index contributed by atoms with van der Waals surface area (Å²) in [5.74, 6) is 1.36. The summed E-state index contributed by atoms with van der Waals surface area (Å²) < 4.78 is 7.66. The zero-order valence-corrected chi connectivity index (χ0v) is 16.0. The normalized spacial score (nSPS) is 21.5. The maximum absolute atomic E-state index is 7.58. The van der Waals surface area contributed by atoms with E-state index in [1.165, 1.54) is 6.21 Å². The van der Waals surface area contributed by atoms with Gasteiger partial charge in [0.25, 0.3) is 0 Å². The number of hydrogen-bond donors (Lipinski definition) is 2. The van der Waals surface area contributed by atoms with Gasteiger partial charge < -0.3 is 20.8 Å². The molecule has 1 aliphatic heterocycles. The highest BCUT2D eigenvalue weighted by Crippen LogP contribution is 2.25. The number of hydrogen-bond acceptors (Lipinski definition) is 6. The van der Waals surface area contributed by atoms with Gasteiger partial charge in [-0.25, -0.2) is 9.50 Å². The molecule has 142 valence electrons. The predicted molar refractivity (Wildman–Crippen MR) is 109 cm³/mol. The molecule has 1 saturated heterocycles. The third-order valence-electron chi connectivity index (χ3n) is 4.51. The van der Waals surface area contributed by atoms with Crippen LogP contribution in [-0.4, -0.2) is 46.1 Å². The first-order valence-electron chi connectivity index (χ1n) is 9.02. The van der Waals surface area contributed by atoms with Gasteiger partial charge in [-0.1, -0.05) is 12.7 Å². The quantitative estimate of drug-likeness (QED) is 0.627. The molecule has 7 heteroatoms. The van der Waals surface area contributed by atoms with Gasteiger partial charge in [0.05, 0.1) is 12.2 Å². The molecular weight excluding hydrogens is 340 g/mol. The Labute approximate surface area is 159 Å². The molecule has 0 aliphatic carbocycles. The van der Waals surface area contributed by atoms with Gasteiger partial charge in [0.15, 0.2) is 11.6 Å². The van der Waals surface area contributed by atoms with Gasteiger partial charge in [0.2, 0.25) is 0 Å². The summed E-state index contributed by atoms with van der Waals surface area (Å²) in [6.07, 6.45) is 6.85. The van der Waals surface area contributed by atoms with Gasteiger partial charge in [-0.3, -0.25) is 0 Å². The fraction of sp³-hybridized carbons (Fsp3) is 0.350. The highest BCUT2D eigenvalue weighted by molar-refractivity contribution is 5.87. The van der Waals surface area contributed by atoms with Crippen molar-refractivity contribution in [1.29, 1.82) is 5.41 Å². The molecule has 0 aromatic carbocycles. The van der Waals surface area contributed by atoms with Crippen molar-refractivity contribution in [1.82, 2.24) is 14.6 Å². The van der Waals surface area contributed by atoms with Crippen molar-refractivity contribution in [3.05, 3.63) is 54.2 Å². The molecule has 27 heavy (non-hydrogen) atoms. The van der Waals surface area contributed by atoms with Crippen molar-refractivity contribution in [2.24, 2.45) is 5.73 Å². The first kappa shape index (κ1) is 18.8. The molecule has 0 bridgehead atoms. The average Bonchev–Trinajstić information content (AvgIpc) is 3.12. The van der Waals surface area contributed by atoms with Crippen LogP contribution in [0, 0.1) is 5.41 Å². The minimum atomic E-state index is 0.129. The molecular formula is C20H26N6O. The van der Waals surface area contributed by atoms with Gasteiger partial charge in [0.1, 0.15) is 5.52 Å². The summed E-state index contributed by atoms with van der Waals surface area (Å²) in [4.78, 5) is 7.03. The van der Waals surface area contributed by atoms with E-state index in [0.717, 1.165) is 24.4 Å². The lowest BCUT2D eigenvalue weighted by molar-refractivity contribution is -0.00540. The lowest BCUT2D eigenvalue weighted by Gasteiger charge is -2.36. The van der Waals surface area contributed by atoms with Crippen LogP contribution >= 0.6 is 0 Å². The number of anilines is 1. The van der Waals surface area contributed by atoms with Gasteiger partial charge in [-0.2, -0.15) is 0 Å². The predicted octanol–water partition coefficient (Wildman–Crippen LogP) is 2.79. The zero-order valence-electron chi connectivity index (χ0n) is 16.0. The highest BCUT2D eigenvalue weighted by Gasteiger charge is 2.25. The molecule has 2 aromatic rings. The summed E-state index contributed by atoms with van der Waals surface area (Å²) >= 11 is 0. The van der Waals surface area contributed by atoms with Crippen LogP contribution in [0.4, 0.5) is 5.82 Å². The van der Waals surface area contributed by atoms with Crippen LogP contribution in [0.5, 0.6) is 0 Å². The zero-order chi connectivity index (χ0) is 19.6. The topological polar surface area (TPSA) is 92.5 Å². The lowest BCUT2D eigenvalue weighted by atomic mass is 10.1. The Bertz CT molecular complexity index is 916. The monoisotopic (exact) mass is 366 g/mol. The van der Waals surface area contributed by atoms with E-state index >= 15 is 0 Å². The molecule has 3 N–H and O–H groups in total. The SMILES string of the molecule is C=C(/C=C(C=N)\C(N)=C/C)c1nc(N2CC(C)OC(C)C2)c2cccn2n1. The minimum Gasteiger partial charge on any atom is -0.398 e. The van der Waals surface area contributed by atoms with E-state index in [1.807, 2.05) is 29.8 Å². The summed E-state index contributed by atoms with van der Waals surface area (Å²) in [5, 5.41) is 12.1. The van der Waals surface area contributed by atoms with Gasteiger partial charge in [0, 0.05) is 42.3 Å². The number of nitrogens with zero attached hydrogens (tertiary/aromatic N) is 4. The van der Waals surface area contributed by atoms with Crippen molar-refractivity contribution < 1.29 is 4.74 Å². The van der Waals surface area contributed by atoms with Gasteiger partial charge in [-0.15, -0.1) is 5.10 Å². The fourth-order valence-corrected chi connectivity index (χ4v) is 3.27. The minimum absolute atomic E-state index is 0.129. The highest BCUT2D eigenvalue weighted by atomic mass is 16.5. The van der Waals surface area contributed by atoms with E-state index in [1.54, 1.807) is 12.2 Å². The molecule has 2 unspecified atom stereocenters. The molecule has 0 radical (unpaired) electrons. The van der Waals surface area contributed by atoms with E-state index < -0.39 is 0 Å². The van der Waals surface area contributed by atoms with E-state index in [-0.39, 0.29) is 12.2 Å². The van der Waals surface area contributed by atoms with Crippen LogP contribution in [0.2, 0.25) is 0 Å². The van der Waals surface area contributed by atoms with Gasteiger partial charge >= 0.3 is 0 Å². The lowest BCUT2D eigenvalue weighted by Crippen LogP contribution is -2.46. The first-order valence-corrected chi connectivity index (χ1v) is 9.02. The molecule has 0 amide bonds. The second-order valence-electron chi connectivity index (χ2n) is 6.77. The van der Waals surface area contributed by atoms with E-state index in [2.05, 4.69) is 30.4 Å². The smallest absolute Gasteiger partial charge is 0.181 e. The largest absolute Gasteiger partial charge is 0.398 e. The van der Waals surface area contributed by atoms with Crippen molar-refractivity contribution in [3.63, 3.8) is 0 Å². The van der Waals surface area contributed by atoms with Crippen molar-refractivity contribution in [2.45, 2.75) is 33.0 Å². The molecule has 7 nitrogen and oxygen atoms in total. The number of fused-ring (bicyclic) bond motifs is 1. The molecule has 2 atom stereocenters. The third kappa shape index (κ3) is 3.93. The second-order valence-corrected chi connectivity index (χ2v) is 6.77. The fourth-order valence-electron chi connectivity index (χ4n) is 3.27. The molecule has 1 fully saturated rings. The van der Waals surface area contributed by atoms with E-state index in [0.29, 0.717) is 22.7 Å². The number of allylic oxidation sites excluding steroid dienone is 4. The summed E-state index contributed by atoms with van der Waals surface area (Å²) in [7, 11) is 0. The van der Waals surface area contributed by atoms with E-state index in [9.17, 15) is 0 Å². The summed E-state index contributed by atoms with van der Waals surface area (Å²) in [5.41, 5.74) is 8.58. The molecule has 2 aromatic heterocycles. The molecule has 1 aliphatic rings. The number of aromatic nitrogens is 3. The summed E-state index contributed by atoms with van der Waals surface area (Å²) in [6, 6.07) is 3.95. The van der Waals surface area contributed by atoms with Crippen LogP contribution in [0.25, 0.3) is 11.1 Å². The standard InChI is InChI=1S/C20H26N6O/c1-5-17(22)16(10-21)9-13(2)19-23-20(18-7-6-8-26(18)24-19)25-11-14(3)27-15(4)12-25/h5-10,14-15,21H,2,11-12,22H2,1,3-4H3/b16-9-,17-5+,21-10?. The first-order chi connectivity index (χ1) is 12.9. The van der Waals surface area contributed by atoms with Crippen molar-refractivity contribution in [3.8, 4) is 0 Å². The Hall–Kier alpha value is -2.93. The molecule has 3 heterocycles. The Kier molecular flexibility index (Phi) is 5.41. The number of morpholine rings is 1. The number of nitrogens with two attached hydrogens (primary N) is 1. The maximum Gasteiger partial charge on any atom is 0.181 e. The van der Waals surface area contributed by atoms with Crippen molar-refractivity contribution in [2.75, 3.05) is 18.0 Å². The van der Waals surface area contributed by atoms with Crippen LogP contribution in [-0.2, 0) is 4.74 Å². The Balaban J connectivity index is 2.04. The van der Waals surface area contributed by atoms with Crippen molar-refractivity contribution >= 4 is 23.1 Å². The maximum atomic E-state index is 7.58. The molecule has 0 spiro atoms. The van der Waals surface area contributed by atoms with Crippen LogP contribution < -0.4 is 10.6 Å².